The molecule has 0 spiro atoms. The molecule has 0 radical (unpaired) electrons. The van der Waals surface area contributed by atoms with E-state index in [-0.39, 0.29) is 0 Å². The van der Waals surface area contributed by atoms with E-state index < -0.39 is 0 Å². The van der Waals surface area contributed by atoms with Crippen LogP contribution in [0.2, 0.25) is 0 Å². The first-order valence-electron chi connectivity index (χ1n) is 10.2. The number of hydrogen-bond donors (Lipinski definition) is 0. The van der Waals surface area contributed by atoms with Gasteiger partial charge in [-0.25, -0.2) is 4.98 Å². The van der Waals surface area contributed by atoms with Gasteiger partial charge in [-0.1, -0.05) is 66.7 Å². The van der Waals surface area contributed by atoms with Gasteiger partial charge in [0.05, 0.1) is 0 Å². The smallest absolute Gasteiger partial charge is 0.135 e. The van der Waals surface area contributed by atoms with Crippen LogP contribution < -0.4 is 4.90 Å². The van der Waals surface area contributed by atoms with Crippen molar-refractivity contribution in [2.24, 2.45) is 0 Å². The average molecular weight is 364 g/mol. The Morgan fingerprint density at radius 1 is 0.821 bits per heavy atom. The monoisotopic (exact) mass is 364 g/mol. The van der Waals surface area contributed by atoms with E-state index in [9.17, 15) is 0 Å². The van der Waals surface area contributed by atoms with Crippen molar-refractivity contribution in [1.82, 2.24) is 4.98 Å². The molecule has 2 aliphatic rings. The van der Waals surface area contributed by atoms with Gasteiger partial charge in [-0.3, -0.25) is 0 Å². The third-order valence-electron chi connectivity index (χ3n) is 5.76. The van der Waals surface area contributed by atoms with E-state index in [0.29, 0.717) is 0 Å². The Morgan fingerprint density at radius 2 is 1.61 bits per heavy atom. The molecule has 0 N–H and O–H groups in total. The Hall–Kier alpha value is -3.13. The highest BCUT2D eigenvalue weighted by Crippen LogP contribution is 2.42. The summed E-state index contributed by atoms with van der Waals surface area (Å²) >= 11 is 0. The Labute approximate surface area is 166 Å². The Balaban J connectivity index is 1.64. The summed E-state index contributed by atoms with van der Waals surface area (Å²) in [6, 6.07) is 25.8. The Morgan fingerprint density at radius 3 is 2.43 bits per heavy atom. The molecule has 5 rings (SSSR count). The van der Waals surface area contributed by atoms with Gasteiger partial charge in [0, 0.05) is 18.4 Å². The molecule has 0 unspecified atom stereocenters. The zero-order valence-corrected chi connectivity index (χ0v) is 16.0. The van der Waals surface area contributed by atoms with Crippen molar-refractivity contribution in [3.05, 3.63) is 107 Å². The van der Waals surface area contributed by atoms with Crippen LogP contribution in [0.3, 0.4) is 0 Å². The molecule has 0 amide bonds. The van der Waals surface area contributed by atoms with Crippen LogP contribution in [-0.4, -0.2) is 11.5 Å². The highest BCUT2D eigenvalue weighted by atomic mass is 15.2. The molecule has 2 nitrogen and oxygen atoms in total. The zero-order chi connectivity index (χ0) is 18.8. The number of anilines is 1. The fraction of sp³-hybridized carbons (Fsp3) is 0.192. The highest BCUT2D eigenvalue weighted by Gasteiger charge is 2.29. The molecule has 1 aliphatic heterocycles. The molecule has 0 bridgehead atoms. The summed E-state index contributed by atoms with van der Waals surface area (Å²) in [6.07, 6.45) is 8.83. The number of aromatic nitrogens is 1. The normalized spacial score (nSPS) is 16.6. The minimum Gasteiger partial charge on any atom is -0.329 e. The number of pyridine rings is 1. The second-order valence-electron chi connectivity index (χ2n) is 7.50. The second-order valence-corrected chi connectivity index (χ2v) is 7.50. The first-order chi connectivity index (χ1) is 13.9. The Kier molecular flexibility index (Phi) is 4.54. The zero-order valence-electron chi connectivity index (χ0n) is 16.0. The van der Waals surface area contributed by atoms with Crippen molar-refractivity contribution in [2.75, 3.05) is 11.4 Å². The third-order valence-corrected chi connectivity index (χ3v) is 5.76. The van der Waals surface area contributed by atoms with Crippen molar-refractivity contribution in [3.63, 3.8) is 0 Å². The Bertz CT molecular complexity index is 1030. The van der Waals surface area contributed by atoms with Gasteiger partial charge in [-0.05, 0) is 65.7 Å². The molecule has 0 fully saturated rings. The van der Waals surface area contributed by atoms with Gasteiger partial charge in [-0.15, -0.1) is 0 Å². The number of nitrogens with zero attached hydrogens (tertiary/aromatic N) is 2. The molecule has 28 heavy (non-hydrogen) atoms. The maximum Gasteiger partial charge on any atom is 0.135 e. The quantitative estimate of drug-likeness (QED) is 0.518. The van der Waals surface area contributed by atoms with E-state index >= 15 is 0 Å². The van der Waals surface area contributed by atoms with E-state index in [1.54, 1.807) is 0 Å². The molecule has 0 atom stereocenters. The molecular weight excluding hydrogens is 340 g/mol. The lowest BCUT2D eigenvalue weighted by Gasteiger charge is -2.23. The second kappa shape index (κ2) is 7.47. The van der Waals surface area contributed by atoms with Gasteiger partial charge in [-0.2, -0.15) is 0 Å². The molecule has 138 valence electrons. The van der Waals surface area contributed by atoms with E-state index in [1.807, 2.05) is 6.20 Å². The van der Waals surface area contributed by atoms with Gasteiger partial charge in [0.1, 0.15) is 5.82 Å². The third kappa shape index (κ3) is 3.16. The number of hydrogen-bond acceptors (Lipinski definition) is 2. The van der Waals surface area contributed by atoms with Crippen LogP contribution in [0.1, 0.15) is 36.0 Å². The predicted octanol–water partition coefficient (Wildman–Crippen LogP) is 6.12. The van der Waals surface area contributed by atoms with Gasteiger partial charge in [0.25, 0.3) is 0 Å². The summed E-state index contributed by atoms with van der Waals surface area (Å²) in [5.74, 6) is 1.16. The number of benzene rings is 2. The van der Waals surface area contributed by atoms with E-state index in [0.717, 1.165) is 31.6 Å². The molecule has 1 aromatic heterocycles. The summed E-state index contributed by atoms with van der Waals surface area (Å²) < 4.78 is 0. The van der Waals surface area contributed by atoms with Crippen LogP contribution in [0.25, 0.3) is 11.6 Å². The number of allylic oxidation sites excluding steroid dienone is 3. The first kappa shape index (κ1) is 17.0. The average Bonchev–Trinajstić information content (AvgIpc) is 3.40. The van der Waals surface area contributed by atoms with Crippen LogP contribution in [0.15, 0.2) is 90.3 Å². The molecular formula is C26H24N2. The van der Waals surface area contributed by atoms with E-state index in [2.05, 4.69) is 83.8 Å². The lowest BCUT2D eigenvalue weighted by molar-refractivity contribution is 0.846. The summed E-state index contributed by atoms with van der Waals surface area (Å²) in [5.41, 5.74) is 8.21. The van der Waals surface area contributed by atoms with Crippen molar-refractivity contribution < 1.29 is 0 Å². The van der Waals surface area contributed by atoms with Crippen molar-refractivity contribution in [1.29, 1.82) is 0 Å². The fourth-order valence-corrected chi connectivity index (χ4v) is 4.46. The lowest BCUT2D eigenvalue weighted by atomic mass is 9.94. The first-order valence-corrected chi connectivity index (χ1v) is 10.2. The van der Waals surface area contributed by atoms with Crippen molar-refractivity contribution >= 4 is 17.5 Å². The topological polar surface area (TPSA) is 16.1 Å². The number of rotatable bonds is 4. The minimum absolute atomic E-state index is 1.04. The highest BCUT2D eigenvalue weighted by molar-refractivity contribution is 5.92. The molecule has 2 aromatic carbocycles. The molecule has 3 aromatic rings. The standard InChI is InChI=1S/C26H24N2/c1-3-9-20(10-4-1)19-24(21-11-5-2-6-12-21)23-14-7-15-25(23)28-18-16-22-13-8-17-27-26(22)28/h1-6,8-13,17,19H,7,14-16,18H2/b24-19+. The maximum absolute atomic E-state index is 4.71. The van der Waals surface area contributed by atoms with Crippen LogP contribution in [0, 0.1) is 0 Å². The predicted molar refractivity (Wildman–Crippen MR) is 117 cm³/mol. The van der Waals surface area contributed by atoms with Crippen LogP contribution >= 0.6 is 0 Å². The summed E-state index contributed by atoms with van der Waals surface area (Å²) in [5, 5.41) is 0. The summed E-state index contributed by atoms with van der Waals surface area (Å²) in [7, 11) is 0. The van der Waals surface area contributed by atoms with Gasteiger partial charge in [0.15, 0.2) is 0 Å². The van der Waals surface area contributed by atoms with Gasteiger partial charge < -0.3 is 4.90 Å². The SMILES string of the molecule is C(=C(\C1=C(N2CCc3cccnc32)CCC1)c1ccccc1)/c1ccccc1. The van der Waals surface area contributed by atoms with Gasteiger partial charge >= 0.3 is 0 Å². The molecule has 0 saturated heterocycles. The summed E-state index contributed by atoms with van der Waals surface area (Å²) in [6.45, 7) is 1.04. The van der Waals surface area contributed by atoms with Crippen molar-refractivity contribution in [3.8, 4) is 0 Å². The molecule has 2 heteroatoms. The minimum atomic E-state index is 1.04. The van der Waals surface area contributed by atoms with Crippen LogP contribution in [0.4, 0.5) is 5.82 Å². The largest absolute Gasteiger partial charge is 0.329 e. The van der Waals surface area contributed by atoms with E-state index in [4.69, 9.17) is 4.98 Å². The fourth-order valence-electron chi connectivity index (χ4n) is 4.46. The molecule has 0 saturated carbocycles. The molecule has 2 heterocycles. The van der Waals surface area contributed by atoms with Crippen molar-refractivity contribution in [2.45, 2.75) is 25.7 Å². The van der Waals surface area contributed by atoms with Gasteiger partial charge in [0.2, 0.25) is 0 Å². The maximum atomic E-state index is 4.71. The van der Waals surface area contributed by atoms with Crippen LogP contribution in [-0.2, 0) is 6.42 Å². The van der Waals surface area contributed by atoms with Crippen LogP contribution in [0.5, 0.6) is 0 Å². The summed E-state index contributed by atoms with van der Waals surface area (Å²) in [4.78, 5) is 7.18. The number of fused-ring (bicyclic) bond motifs is 1. The molecule has 1 aliphatic carbocycles. The van der Waals surface area contributed by atoms with E-state index in [1.165, 1.54) is 40.0 Å². The lowest BCUT2D eigenvalue weighted by Crippen LogP contribution is -2.20.